The van der Waals surface area contributed by atoms with Crippen molar-refractivity contribution < 1.29 is 13.9 Å². The third-order valence-corrected chi connectivity index (χ3v) is 2.07. The molecule has 1 aromatic heterocycles. The van der Waals surface area contributed by atoms with Crippen molar-refractivity contribution in [2.24, 2.45) is 0 Å². The zero-order valence-electron chi connectivity index (χ0n) is 10.7. The third kappa shape index (κ3) is 3.69. The first-order valence-electron chi connectivity index (χ1n) is 5.32. The highest BCUT2D eigenvalue weighted by Gasteiger charge is 2.17. The Morgan fingerprint density at radius 2 is 2.00 bits per heavy atom. The van der Waals surface area contributed by atoms with Gasteiger partial charge in [-0.05, 0) is 34.6 Å². The average molecular weight is 240 g/mol. The van der Waals surface area contributed by atoms with Gasteiger partial charge >= 0.3 is 6.09 Å². The molecule has 0 aliphatic heterocycles. The first kappa shape index (κ1) is 13.4. The molecule has 0 radical (unpaired) electrons. The molecule has 0 unspecified atom stereocenters. The molecule has 4 nitrogen and oxygen atoms in total. The maximum Gasteiger partial charge on any atom is 0.412 e. The lowest BCUT2D eigenvalue weighted by Gasteiger charge is -2.20. The van der Waals surface area contributed by atoms with E-state index < -0.39 is 17.5 Å². The van der Waals surface area contributed by atoms with E-state index >= 15 is 0 Å². The number of ether oxygens (including phenoxy) is 1. The minimum absolute atomic E-state index is 0.303. The largest absolute Gasteiger partial charge is 0.444 e. The number of carbonyl (C=O) groups excluding carboxylic acids is 1. The molecule has 1 N–H and O–H groups in total. The van der Waals surface area contributed by atoms with Gasteiger partial charge < -0.3 is 4.74 Å². The van der Waals surface area contributed by atoms with E-state index in [2.05, 4.69) is 10.3 Å². The van der Waals surface area contributed by atoms with Crippen LogP contribution in [0.4, 0.5) is 14.9 Å². The predicted molar refractivity (Wildman–Crippen MR) is 63.5 cm³/mol. The molecule has 1 heterocycles. The Morgan fingerprint density at radius 3 is 2.53 bits per heavy atom. The molecular formula is C12H17FN2O2. The second-order valence-electron chi connectivity index (χ2n) is 4.82. The quantitative estimate of drug-likeness (QED) is 0.820. The van der Waals surface area contributed by atoms with Crippen LogP contribution in [0.5, 0.6) is 0 Å². The third-order valence-electron chi connectivity index (χ3n) is 2.07. The summed E-state index contributed by atoms with van der Waals surface area (Å²) in [6.07, 6.45) is 0.795. The number of amides is 1. The summed E-state index contributed by atoms with van der Waals surface area (Å²) in [6.45, 7) is 8.42. The zero-order valence-corrected chi connectivity index (χ0v) is 10.7. The van der Waals surface area contributed by atoms with Crippen molar-refractivity contribution >= 4 is 11.8 Å². The van der Waals surface area contributed by atoms with Crippen molar-refractivity contribution in [2.45, 2.75) is 40.2 Å². The van der Waals surface area contributed by atoms with Gasteiger partial charge in [0.25, 0.3) is 0 Å². The fourth-order valence-electron chi connectivity index (χ4n) is 1.24. The van der Waals surface area contributed by atoms with E-state index in [9.17, 15) is 9.18 Å². The maximum absolute atomic E-state index is 13.5. The van der Waals surface area contributed by atoms with Crippen LogP contribution in [0.25, 0.3) is 0 Å². The van der Waals surface area contributed by atoms with E-state index in [-0.39, 0.29) is 0 Å². The predicted octanol–water partition coefficient (Wildman–Crippen LogP) is 3.18. The van der Waals surface area contributed by atoms with Crippen molar-refractivity contribution in [3.63, 3.8) is 0 Å². The summed E-state index contributed by atoms with van der Waals surface area (Å²) >= 11 is 0. The van der Waals surface area contributed by atoms with E-state index in [1.54, 1.807) is 34.6 Å². The van der Waals surface area contributed by atoms with E-state index in [0.717, 1.165) is 0 Å². The highest BCUT2D eigenvalue weighted by Crippen LogP contribution is 2.19. The molecule has 17 heavy (non-hydrogen) atoms. The van der Waals surface area contributed by atoms with Crippen molar-refractivity contribution in [3.8, 4) is 0 Å². The van der Waals surface area contributed by atoms with Gasteiger partial charge in [-0.3, -0.25) is 10.3 Å². The van der Waals surface area contributed by atoms with E-state index in [1.807, 2.05) is 0 Å². The number of aryl methyl sites for hydroxylation is 1. The van der Waals surface area contributed by atoms with Crippen LogP contribution in [0.3, 0.4) is 0 Å². The smallest absolute Gasteiger partial charge is 0.412 e. The lowest BCUT2D eigenvalue weighted by molar-refractivity contribution is 0.0635. The Kier molecular flexibility index (Phi) is 3.70. The highest BCUT2D eigenvalue weighted by atomic mass is 19.1. The molecule has 0 saturated heterocycles. The Labute approximate surface area is 100 Å². The Hall–Kier alpha value is -1.65. The van der Waals surface area contributed by atoms with Gasteiger partial charge in [0.15, 0.2) is 0 Å². The SMILES string of the molecule is Cc1ncc(NC(=O)OC(C)(C)C)c(C)c1F. The van der Waals surface area contributed by atoms with E-state index in [4.69, 9.17) is 4.74 Å². The average Bonchev–Trinajstić information content (AvgIpc) is 2.16. The van der Waals surface area contributed by atoms with E-state index in [0.29, 0.717) is 16.9 Å². The van der Waals surface area contributed by atoms with Crippen LogP contribution in [-0.2, 0) is 4.74 Å². The lowest BCUT2D eigenvalue weighted by Crippen LogP contribution is -2.27. The molecular weight excluding hydrogens is 223 g/mol. The lowest BCUT2D eigenvalue weighted by atomic mass is 10.2. The molecule has 0 aliphatic carbocycles. The van der Waals surface area contributed by atoms with Crippen molar-refractivity contribution in [2.75, 3.05) is 5.32 Å². The molecule has 0 aromatic carbocycles. The number of nitrogens with one attached hydrogen (secondary N) is 1. The van der Waals surface area contributed by atoms with Crippen LogP contribution >= 0.6 is 0 Å². The molecule has 0 aliphatic rings. The number of nitrogens with zero attached hydrogens (tertiary/aromatic N) is 1. The van der Waals surface area contributed by atoms with Crippen LogP contribution < -0.4 is 5.32 Å². The molecule has 0 bridgehead atoms. The second kappa shape index (κ2) is 4.69. The molecule has 1 aromatic rings. The summed E-state index contributed by atoms with van der Waals surface area (Å²) in [5, 5.41) is 2.47. The van der Waals surface area contributed by atoms with Crippen molar-refractivity contribution in [1.82, 2.24) is 4.98 Å². The molecule has 94 valence electrons. The second-order valence-corrected chi connectivity index (χ2v) is 4.82. The number of hydrogen-bond donors (Lipinski definition) is 1. The number of carbonyl (C=O) groups is 1. The van der Waals surface area contributed by atoms with Gasteiger partial charge in [-0.15, -0.1) is 0 Å². The normalized spacial score (nSPS) is 11.2. The molecule has 1 amide bonds. The van der Waals surface area contributed by atoms with Crippen LogP contribution in [0, 0.1) is 19.7 Å². The number of pyridine rings is 1. The highest BCUT2D eigenvalue weighted by molar-refractivity contribution is 5.85. The molecule has 0 spiro atoms. The van der Waals surface area contributed by atoms with Gasteiger partial charge in [-0.1, -0.05) is 0 Å². The monoisotopic (exact) mass is 240 g/mol. The van der Waals surface area contributed by atoms with Gasteiger partial charge in [0.2, 0.25) is 0 Å². The summed E-state index contributed by atoms with van der Waals surface area (Å²) in [5.41, 5.74) is 0.386. The Morgan fingerprint density at radius 1 is 1.41 bits per heavy atom. The molecule has 0 fully saturated rings. The van der Waals surface area contributed by atoms with Gasteiger partial charge in [-0.25, -0.2) is 9.18 Å². The number of hydrogen-bond acceptors (Lipinski definition) is 3. The maximum atomic E-state index is 13.5. The zero-order chi connectivity index (χ0) is 13.2. The molecule has 0 atom stereocenters. The Bertz CT molecular complexity index is 439. The molecule has 5 heteroatoms. The summed E-state index contributed by atoms with van der Waals surface area (Å²) < 4.78 is 18.6. The van der Waals surface area contributed by atoms with Gasteiger partial charge in [0.1, 0.15) is 11.4 Å². The summed E-state index contributed by atoms with van der Waals surface area (Å²) in [6, 6.07) is 0. The minimum atomic E-state index is -0.620. The summed E-state index contributed by atoms with van der Waals surface area (Å²) in [4.78, 5) is 15.3. The van der Waals surface area contributed by atoms with Gasteiger partial charge in [-0.2, -0.15) is 0 Å². The van der Waals surface area contributed by atoms with Crippen molar-refractivity contribution in [3.05, 3.63) is 23.3 Å². The topological polar surface area (TPSA) is 51.2 Å². The summed E-state index contributed by atoms with van der Waals surface area (Å²) in [5.74, 6) is -0.418. The van der Waals surface area contributed by atoms with Crippen molar-refractivity contribution in [1.29, 1.82) is 0 Å². The molecule has 1 rings (SSSR count). The van der Waals surface area contributed by atoms with Crippen LogP contribution in [0.1, 0.15) is 32.0 Å². The van der Waals surface area contributed by atoms with Crippen LogP contribution in [0.15, 0.2) is 6.20 Å². The number of halogens is 1. The number of anilines is 1. The fourth-order valence-corrected chi connectivity index (χ4v) is 1.24. The van der Waals surface area contributed by atoms with Gasteiger partial charge in [0, 0.05) is 5.56 Å². The minimum Gasteiger partial charge on any atom is -0.444 e. The molecule has 0 saturated carbocycles. The van der Waals surface area contributed by atoms with Crippen LogP contribution in [-0.4, -0.2) is 16.7 Å². The fraction of sp³-hybridized carbons (Fsp3) is 0.500. The first-order chi connectivity index (χ1) is 7.70. The number of aromatic nitrogens is 1. The van der Waals surface area contributed by atoms with Gasteiger partial charge in [0.05, 0.1) is 17.6 Å². The summed E-state index contributed by atoms with van der Waals surface area (Å²) in [7, 11) is 0. The standard InChI is InChI=1S/C12H17FN2O2/c1-7-9(6-14-8(2)10(7)13)15-11(16)17-12(3,4)5/h6H,1-5H3,(H,15,16). The number of rotatable bonds is 1. The van der Waals surface area contributed by atoms with E-state index in [1.165, 1.54) is 6.20 Å². The van der Waals surface area contributed by atoms with Crippen LogP contribution in [0.2, 0.25) is 0 Å². The Balaban J connectivity index is 2.83. The first-order valence-corrected chi connectivity index (χ1v) is 5.32.